The zero-order valence-corrected chi connectivity index (χ0v) is 18.6. The van der Waals surface area contributed by atoms with Gasteiger partial charge in [-0.3, -0.25) is 9.59 Å². The van der Waals surface area contributed by atoms with Gasteiger partial charge in [0.2, 0.25) is 15.9 Å². The van der Waals surface area contributed by atoms with Gasteiger partial charge in [0, 0.05) is 17.6 Å². The summed E-state index contributed by atoms with van der Waals surface area (Å²) in [6.07, 6.45) is 2.14. The standard InChI is InChI=1S/C19H27BrN2O5S/c1-3-5-17(21-28(25,26)16-8-6-15(20)7-9-16)18(23)22-12-10-14(11-13-22)19(24)27-4-2/h6-9,14,17,21H,3-5,10-13H2,1-2H3. The Bertz CT molecular complexity index is 774. The molecular weight excluding hydrogens is 448 g/mol. The van der Waals surface area contributed by atoms with Gasteiger partial charge in [0.15, 0.2) is 0 Å². The van der Waals surface area contributed by atoms with Crippen molar-refractivity contribution in [2.75, 3.05) is 19.7 Å². The molecule has 0 bridgehead atoms. The topological polar surface area (TPSA) is 92.8 Å². The summed E-state index contributed by atoms with van der Waals surface area (Å²) in [7, 11) is -3.81. The van der Waals surface area contributed by atoms with Gasteiger partial charge in [-0.25, -0.2) is 8.42 Å². The molecule has 0 aliphatic carbocycles. The average Bonchev–Trinajstić information content (AvgIpc) is 2.67. The number of ether oxygens (including phenoxy) is 1. The lowest BCUT2D eigenvalue weighted by Crippen LogP contribution is -2.51. The van der Waals surface area contributed by atoms with E-state index in [-0.39, 0.29) is 22.7 Å². The lowest BCUT2D eigenvalue weighted by molar-refractivity contribution is -0.151. The number of esters is 1. The van der Waals surface area contributed by atoms with E-state index in [2.05, 4.69) is 20.7 Å². The number of nitrogens with one attached hydrogen (secondary N) is 1. The molecule has 1 N–H and O–H groups in total. The first kappa shape index (κ1) is 22.8. The van der Waals surface area contributed by atoms with Gasteiger partial charge < -0.3 is 9.64 Å². The maximum atomic E-state index is 12.9. The quantitative estimate of drug-likeness (QED) is 0.584. The van der Waals surface area contributed by atoms with Gasteiger partial charge in [-0.05, 0) is 50.5 Å². The molecule has 0 radical (unpaired) electrons. The van der Waals surface area contributed by atoms with E-state index in [4.69, 9.17) is 4.74 Å². The fourth-order valence-electron chi connectivity index (χ4n) is 3.21. The van der Waals surface area contributed by atoms with Crippen LogP contribution >= 0.6 is 15.9 Å². The molecule has 1 aliphatic heterocycles. The summed E-state index contributed by atoms with van der Waals surface area (Å²) < 4.78 is 33.7. The highest BCUT2D eigenvalue weighted by Gasteiger charge is 2.33. The Morgan fingerprint density at radius 2 is 1.82 bits per heavy atom. The smallest absolute Gasteiger partial charge is 0.309 e. The largest absolute Gasteiger partial charge is 0.466 e. The van der Waals surface area contributed by atoms with E-state index in [1.807, 2.05) is 6.92 Å². The molecule has 1 fully saturated rings. The number of sulfonamides is 1. The first-order chi connectivity index (χ1) is 13.3. The van der Waals surface area contributed by atoms with Crippen molar-refractivity contribution in [2.24, 2.45) is 5.92 Å². The molecule has 1 saturated heterocycles. The van der Waals surface area contributed by atoms with Crippen LogP contribution in [0.5, 0.6) is 0 Å². The number of benzene rings is 1. The van der Waals surface area contributed by atoms with Crippen LogP contribution in [0.25, 0.3) is 0 Å². The Hall–Kier alpha value is -1.45. The molecule has 7 nitrogen and oxygen atoms in total. The second-order valence-corrected chi connectivity index (χ2v) is 9.40. The molecule has 1 atom stereocenters. The van der Waals surface area contributed by atoms with E-state index < -0.39 is 16.1 Å². The van der Waals surface area contributed by atoms with Gasteiger partial charge in [-0.15, -0.1) is 0 Å². The van der Waals surface area contributed by atoms with Crippen LogP contribution in [0.3, 0.4) is 0 Å². The minimum Gasteiger partial charge on any atom is -0.466 e. The van der Waals surface area contributed by atoms with Crippen LogP contribution < -0.4 is 4.72 Å². The number of rotatable bonds is 8. The third-order valence-corrected chi connectivity index (χ3v) is 6.74. The van der Waals surface area contributed by atoms with Crippen LogP contribution in [0.1, 0.15) is 39.5 Å². The Morgan fingerprint density at radius 3 is 2.36 bits per heavy atom. The summed E-state index contributed by atoms with van der Waals surface area (Å²) in [4.78, 5) is 26.5. The monoisotopic (exact) mass is 474 g/mol. The van der Waals surface area contributed by atoms with Crippen LogP contribution in [-0.4, -0.2) is 50.9 Å². The van der Waals surface area contributed by atoms with Gasteiger partial charge in [0.05, 0.1) is 17.4 Å². The zero-order valence-electron chi connectivity index (χ0n) is 16.2. The number of nitrogens with zero attached hydrogens (tertiary/aromatic N) is 1. The Balaban J connectivity index is 2.04. The van der Waals surface area contributed by atoms with Crippen molar-refractivity contribution in [1.82, 2.24) is 9.62 Å². The van der Waals surface area contributed by atoms with Crippen LogP contribution in [0.4, 0.5) is 0 Å². The first-order valence-corrected chi connectivity index (χ1v) is 11.8. The molecule has 9 heteroatoms. The molecule has 0 spiro atoms. The summed E-state index contributed by atoms with van der Waals surface area (Å²) in [6.45, 7) is 4.85. The predicted molar refractivity (Wildman–Crippen MR) is 109 cm³/mol. The van der Waals surface area contributed by atoms with Gasteiger partial charge >= 0.3 is 5.97 Å². The lowest BCUT2D eigenvalue weighted by Gasteiger charge is -2.33. The molecule has 1 heterocycles. The van der Waals surface area contributed by atoms with E-state index in [1.54, 1.807) is 24.0 Å². The van der Waals surface area contributed by atoms with Crippen molar-refractivity contribution in [3.63, 3.8) is 0 Å². The SMILES string of the molecule is CCCC(NS(=O)(=O)c1ccc(Br)cc1)C(=O)N1CCC(C(=O)OCC)CC1. The summed E-state index contributed by atoms with van der Waals surface area (Å²) in [5, 5.41) is 0. The van der Waals surface area contributed by atoms with Crippen molar-refractivity contribution in [1.29, 1.82) is 0 Å². The highest BCUT2D eigenvalue weighted by molar-refractivity contribution is 9.10. The van der Waals surface area contributed by atoms with Crippen molar-refractivity contribution in [2.45, 2.75) is 50.5 Å². The zero-order chi connectivity index (χ0) is 20.7. The summed E-state index contributed by atoms with van der Waals surface area (Å²) in [5.74, 6) is -0.673. The number of hydrogen-bond acceptors (Lipinski definition) is 5. The van der Waals surface area contributed by atoms with Crippen molar-refractivity contribution >= 4 is 37.8 Å². The van der Waals surface area contributed by atoms with E-state index in [9.17, 15) is 18.0 Å². The van der Waals surface area contributed by atoms with Gasteiger partial charge in [0.1, 0.15) is 6.04 Å². The van der Waals surface area contributed by atoms with Crippen LogP contribution in [0.2, 0.25) is 0 Å². The molecule has 2 rings (SSSR count). The molecule has 1 aromatic rings. The number of hydrogen-bond donors (Lipinski definition) is 1. The molecular formula is C19H27BrN2O5S. The van der Waals surface area contributed by atoms with E-state index in [0.29, 0.717) is 45.4 Å². The normalized spacial score (nSPS) is 16.6. The fourth-order valence-corrected chi connectivity index (χ4v) is 4.69. The van der Waals surface area contributed by atoms with Crippen LogP contribution in [-0.2, 0) is 24.3 Å². The second-order valence-electron chi connectivity index (χ2n) is 6.77. The maximum Gasteiger partial charge on any atom is 0.309 e. The lowest BCUT2D eigenvalue weighted by atomic mass is 9.96. The third-order valence-electron chi connectivity index (χ3n) is 4.72. The molecule has 1 amide bonds. The van der Waals surface area contributed by atoms with Gasteiger partial charge in [0.25, 0.3) is 0 Å². The molecule has 1 unspecified atom stereocenters. The molecule has 1 aliphatic rings. The van der Waals surface area contributed by atoms with Crippen molar-refractivity contribution < 1.29 is 22.7 Å². The average molecular weight is 475 g/mol. The van der Waals surface area contributed by atoms with E-state index >= 15 is 0 Å². The molecule has 0 saturated carbocycles. The van der Waals surface area contributed by atoms with Gasteiger partial charge in [-0.1, -0.05) is 29.3 Å². The number of likely N-dealkylation sites (tertiary alicyclic amines) is 1. The van der Waals surface area contributed by atoms with Gasteiger partial charge in [-0.2, -0.15) is 4.72 Å². The van der Waals surface area contributed by atoms with E-state index in [1.165, 1.54) is 12.1 Å². The minimum atomic E-state index is -3.81. The third kappa shape index (κ3) is 6.02. The second kappa shape index (κ2) is 10.4. The molecule has 0 aromatic heterocycles. The Kier molecular flexibility index (Phi) is 8.45. The minimum absolute atomic E-state index is 0.116. The van der Waals surface area contributed by atoms with Crippen molar-refractivity contribution in [3.05, 3.63) is 28.7 Å². The summed E-state index contributed by atoms with van der Waals surface area (Å²) in [6, 6.07) is 5.45. The van der Waals surface area contributed by atoms with Crippen LogP contribution in [0, 0.1) is 5.92 Å². The summed E-state index contributed by atoms with van der Waals surface area (Å²) >= 11 is 3.28. The number of amides is 1. The molecule has 28 heavy (non-hydrogen) atoms. The molecule has 156 valence electrons. The highest BCUT2D eigenvalue weighted by Crippen LogP contribution is 2.21. The Labute approximate surface area is 175 Å². The van der Waals surface area contributed by atoms with E-state index in [0.717, 1.165) is 4.47 Å². The Morgan fingerprint density at radius 1 is 1.21 bits per heavy atom. The predicted octanol–water partition coefficient (Wildman–Crippen LogP) is 2.70. The number of carbonyl (C=O) groups is 2. The van der Waals surface area contributed by atoms with Crippen molar-refractivity contribution in [3.8, 4) is 0 Å². The fraction of sp³-hybridized carbons (Fsp3) is 0.579. The summed E-state index contributed by atoms with van der Waals surface area (Å²) in [5.41, 5.74) is 0. The number of halogens is 1. The first-order valence-electron chi connectivity index (χ1n) is 9.51. The van der Waals surface area contributed by atoms with Crippen LogP contribution in [0.15, 0.2) is 33.6 Å². The number of carbonyl (C=O) groups excluding carboxylic acids is 2. The number of piperidine rings is 1. The maximum absolute atomic E-state index is 12.9. The highest BCUT2D eigenvalue weighted by atomic mass is 79.9. The molecule has 1 aromatic carbocycles.